The predicted octanol–water partition coefficient (Wildman–Crippen LogP) is 21.8. The molecule has 0 heterocycles. The van der Waals surface area contributed by atoms with Gasteiger partial charge in [-0.05, 0) is 89.9 Å². The molecule has 6 heteroatoms. The highest BCUT2D eigenvalue weighted by atomic mass is 16.6. The molecule has 0 amide bonds. The minimum Gasteiger partial charge on any atom is -0.462 e. The fourth-order valence-corrected chi connectivity index (χ4v) is 8.79. The van der Waals surface area contributed by atoms with Gasteiger partial charge in [0.25, 0.3) is 0 Å². The van der Waals surface area contributed by atoms with Crippen molar-refractivity contribution in [2.45, 2.75) is 303 Å². The topological polar surface area (TPSA) is 78.9 Å². The quantitative estimate of drug-likeness (QED) is 0.0261. The van der Waals surface area contributed by atoms with Crippen molar-refractivity contribution < 1.29 is 28.6 Å². The SMILES string of the molecule is CC/C=C\C/C=C\C/C=C\C/C=C\C/C=C\C/C=C\C/C=C\C/C=C\C/C=C\CCCCCCCCCC(=O)OCC(COC(=O)CCCCCCC)OC(=O)CCCCCCCCCCCCCCCCCCCC. The lowest BCUT2D eigenvalue weighted by Gasteiger charge is -2.18. The van der Waals surface area contributed by atoms with Crippen LogP contribution in [0.15, 0.2) is 109 Å². The van der Waals surface area contributed by atoms with Gasteiger partial charge in [-0.15, -0.1) is 0 Å². The molecule has 1 atom stereocenters. The molecule has 76 heavy (non-hydrogen) atoms. The van der Waals surface area contributed by atoms with E-state index in [0.717, 1.165) is 128 Å². The summed E-state index contributed by atoms with van der Waals surface area (Å²) in [5, 5.41) is 0. The summed E-state index contributed by atoms with van der Waals surface area (Å²) >= 11 is 0. The molecule has 0 aromatic carbocycles. The van der Waals surface area contributed by atoms with Crippen molar-refractivity contribution in [3.05, 3.63) is 109 Å². The number of hydrogen-bond donors (Lipinski definition) is 0. The van der Waals surface area contributed by atoms with Gasteiger partial charge in [-0.25, -0.2) is 0 Å². The number of rotatable bonds is 57. The molecule has 0 spiro atoms. The van der Waals surface area contributed by atoms with Crippen LogP contribution in [0, 0.1) is 0 Å². The Morgan fingerprint density at radius 2 is 0.513 bits per heavy atom. The van der Waals surface area contributed by atoms with Crippen molar-refractivity contribution >= 4 is 17.9 Å². The predicted molar refractivity (Wildman–Crippen MR) is 330 cm³/mol. The Morgan fingerprint density at radius 1 is 0.276 bits per heavy atom. The lowest BCUT2D eigenvalue weighted by Crippen LogP contribution is -2.30. The average molecular weight is 1060 g/mol. The number of hydrogen-bond acceptors (Lipinski definition) is 6. The zero-order valence-corrected chi connectivity index (χ0v) is 49.7. The standard InChI is InChI=1S/C70H118O6/c1-4-7-10-13-15-17-19-21-23-25-27-28-29-30-31-32-33-34-35-36-37-38-39-40-41-42-43-45-46-48-50-52-54-57-60-63-69(72)75-66-67(65-74-68(71)62-59-56-12-9-6-3)76-70(73)64-61-58-55-53-51-49-47-44-26-24-22-20-18-16-14-11-8-5-2/h7,10,15,17,21,23,27-28,30-31,33-34,36-37,39-40,42-43,67H,4-6,8-9,11-14,16,18-20,22,24-26,29,32,35,38,41,44-66H2,1-3H3/b10-7-,17-15-,23-21-,28-27-,31-30-,34-33-,37-36-,40-39-,43-42-. The van der Waals surface area contributed by atoms with Crippen LogP contribution in [0.2, 0.25) is 0 Å². The number of esters is 3. The number of carbonyl (C=O) groups excluding carboxylic acids is 3. The third-order valence-electron chi connectivity index (χ3n) is 13.5. The van der Waals surface area contributed by atoms with E-state index >= 15 is 0 Å². The summed E-state index contributed by atoms with van der Waals surface area (Å²) in [6.45, 7) is 6.45. The maximum Gasteiger partial charge on any atom is 0.306 e. The molecule has 6 nitrogen and oxygen atoms in total. The van der Waals surface area contributed by atoms with Crippen LogP contribution in [0.1, 0.15) is 297 Å². The highest BCUT2D eigenvalue weighted by Gasteiger charge is 2.19. The second kappa shape index (κ2) is 63.6. The second-order valence-corrected chi connectivity index (χ2v) is 21.0. The summed E-state index contributed by atoms with van der Waals surface area (Å²) < 4.78 is 16.7. The Hall–Kier alpha value is -3.93. The van der Waals surface area contributed by atoms with Crippen molar-refractivity contribution in [3.63, 3.8) is 0 Å². The molecule has 0 aliphatic heterocycles. The average Bonchev–Trinajstić information content (AvgIpc) is 3.42. The number of carbonyl (C=O) groups is 3. The molecule has 0 aromatic heterocycles. The second-order valence-electron chi connectivity index (χ2n) is 21.0. The van der Waals surface area contributed by atoms with Gasteiger partial charge in [0.15, 0.2) is 6.10 Å². The molecule has 0 rings (SSSR count). The van der Waals surface area contributed by atoms with Crippen LogP contribution in [-0.2, 0) is 28.6 Å². The Labute approximate surface area is 470 Å². The number of ether oxygens (including phenoxy) is 3. The van der Waals surface area contributed by atoms with E-state index in [9.17, 15) is 14.4 Å². The summed E-state index contributed by atoms with van der Waals surface area (Å²) in [6.07, 6.45) is 87.1. The molecule has 0 aliphatic carbocycles. The van der Waals surface area contributed by atoms with E-state index in [0.29, 0.717) is 19.3 Å². The molecule has 0 N–H and O–H groups in total. The summed E-state index contributed by atoms with van der Waals surface area (Å²) in [6, 6.07) is 0. The molecule has 0 aliphatic rings. The first-order chi connectivity index (χ1) is 37.5. The lowest BCUT2D eigenvalue weighted by molar-refractivity contribution is -0.167. The summed E-state index contributed by atoms with van der Waals surface area (Å²) in [4.78, 5) is 37.9. The molecule has 434 valence electrons. The highest BCUT2D eigenvalue weighted by molar-refractivity contribution is 5.71. The normalized spacial score (nSPS) is 12.8. The van der Waals surface area contributed by atoms with Crippen LogP contribution in [0.5, 0.6) is 0 Å². The third-order valence-corrected chi connectivity index (χ3v) is 13.5. The van der Waals surface area contributed by atoms with Crippen molar-refractivity contribution in [1.29, 1.82) is 0 Å². The molecule has 0 fully saturated rings. The maximum atomic E-state index is 12.8. The number of allylic oxidation sites excluding steroid dienone is 18. The largest absolute Gasteiger partial charge is 0.462 e. The Kier molecular flexibility index (Phi) is 60.3. The van der Waals surface area contributed by atoms with E-state index in [1.54, 1.807) is 0 Å². The van der Waals surface area contributed by atoms with Gasteiger partial charge in [0.05, 0.1) is 0 Å². The van der Waals surface area contributed by atoms with Crippen molar-refractivity contribution in [1.82, 2.24) is 0 Å². The van der Waals surface area contributed by atoms with E-state index in [1.165, 1.54) is 128 Å². The van der Waals surface area contributed by atoms with Crippen LogP contribution in [0.4, 0.5) is 0 Å². The molecule has 1 unspecified atom stereocenters. The number of unbranched alkanes of at least 4 members (excludes halogenated alkanes) is 28. The zero-order valence-electron chi connectivity index (χ0n) is 49.7. The van der Waals surface area contributed by atoms with Gasteiger partial charge in [0.1, 0.15) is 13.2 Å². The molecule has 0 bridgehead atoms. The van der Waals surface area contributed by atoms with Crippen molar-refractivity contribution in [2.75, 3.05) is 13.2 Å². The monoisotopic (exact) mass is 1050 g/mol. The van der Waals surface area contributed by atoms with Crippen LogP contribution in [-0.4, -0.2) is 37.2 Å². The van der Waals surface area contributed by atoms with Crippen LogP contribution >= 0.6 is 0 Å². The van der Waals surface area contributed by atoms with Gasteiger partial charge in [-0.1, -0.05) is 297 Å². The molecule has 0 aromatic rings. The minimum absolute atomic E-state index is 0.0795. The Balaban J connectivity index is 4.06. The fourth-order valence-electron chi connectivity index (χ4n) is 8.79. The summed E-state index contributed by atoms with van der Waals surface area (Å²) in [5.41, 5.74) is 0. The first-order valence-corrected chi connectivity index (χ1v) is 31.9. The van der Waals surface area contributed by atoms with Crippen LogP contribution in [0.3, 0.4) is 0 Å². The maximum absolute atomic E-state index is 12.8. The fraction of sp³-hybridized carbons (Fsp3) is 0.700. The molecule has 0 saturated carbocycles. The Bertz CT molecular complexity index is 1540. The first kappa shape index (κ1) is 72.1. The summed E-state index contributed by atoms with van der Waals surface area (Å²) in [5.74, 6) is -0.897. The zero-order chi connectivity index (χ0) is 55.0. The molecular formula is C70H118O6. The van der Waals surface area contributed by atoms with Gasteiger partial charge < -0.3 is 14.2 Å². The molecule has 0 radical (unpaired) electrons. The Morgan fingerprint density at radius 3 is 0.803 bits per heavy atom. The van der Waals surface area contributed by atoms with Crippen molar-refractivity contribution in [3.8, 4) is 0 Å². The van der Waals surface area contributed by atoms with Gasteiger partial charge in [0, 0.05) is 19.3 Å². The smallest absolute Gasteiger partial charge is 0.306 e. The minimum atomic E-state index is -0.777. The molecule has 0 saturated heterocycles. The van der Waals surface area contributed by atoms with E-state index in [1.807, 2.05) is 0 Å². The van der Waals surface area contributed by atoms with Gasteiger partial charge in [-0.2, -0.15) is 0 Å². The van der Waals surface area contributed by atoms with Gasteiger partial charge >= 0.3 is 17.9 Å². The van der Waals surface area contributed by atoms with Crippen LogP contribution < -0.4 is 0 Å². The van der Waals surface area contributed by atoms with Crippen LogP contribution in [0.25, 0.3) is 0 Å². The van der Waals surface area contributed by atoms with E-state index in [-0.39, 0.29) is 31.1 Å². The first-order valence-electron chi connectivity index (χ1n) is 31.9. The summed E-state index contributed by atoms with van der Waals surface area (Å²) in [7, 11) is 0. The van der Waals surface area contributed by atoms with Gasteiger partial charge in [-0.3, -0.25) is 14.4 Å². The lowest BCUT2D eigenvalue weighted by atomic mass is 10.0. The van der Waals surface area contributed by atoms with Gasteiger partial charge in [0.2, 0.25) is 0 Å². The highest BCUT2D eigenvalue weighted by Crippen LogP contribution is 2.16. The third kappa shape index (κ3) is 60.9. The molecular weight excluding hydrogens is 937 g/mol. The van der Waals surface area contributed by atoms with E-state index < -0.39 is 6.10 Å². The van der Waals surface area contributed by atoms with E-state index in [2.05, 4.69) is 130 Å². The van der Waals surface area contributed by atoms with E-state index in [4.69, 9.17) is 14.2 Å². The van der Waals surface area contributed by atoms with Crippen molar-refractivity contribution in [2.24, 2.45) is 0 Å².